The largest absolute Gasteiger partial charge is 0.631 e. The summed E-state index contributed by atoms with van der Waals surface area (Å²) >= 11 is 0. The molecule has 1 heterocycles. The van der Waals surface area contributed by atoms with Gasteiger partial charge in [-0.3, -0.25) is 0 Å². The number of hydrogen-bond acceptors (Lipinski definition) is 5. The van der Waals surface area contributed by atoms with Gasteiger partial charge in [0.2, 0.25) is 0 Å². The van der Waals surface area contributed by atoms with E-state index in [0.29, 0.717) is 5.52 Å². The highest BCUT2D eigenvalue weighted by molar-refractivity contribution is 6.30. The summed E-state index contributed by atoms with van der Waals surface area (Å²) in [7, 11) is -2.17. The third-order valence-corrected chi connectivity index (χ3v) is 1.84. The second kappa shape index (κ2) is 5.46. The van der Waals surface area contributed by atoms with Crippen LogP contribution in [0.1, 0.15) is 5.69 Å². The van der Waals surface area contributed by atoms with Crippen LogP contribution in [-0.4, -0.2) is 32.5 Å². The van der Waals surface area contributed by atoms with Crippen LogP contribution < -0.4 is 0 Å². The highest BCUT2D eigenvalue weighted by atomic mass is 16.5. The van der Waals surface area contributed by atoms with E-state index in [4.69, 9.17) is 15.1 Å². The minimum atomic E-state index is -2.17. The van der Waals surface area contributed by atoms with Gasteiger partial charge in [-0.2, -0.15) is 0 Å². The SMILES string of the molecule is Cc1ccc2cccc(O)c2n1.OB(O)O. The van der Waals surface area contributed by atoms with Crippen molar-refractivity contribution in [1.29, 1.82) is 0 Å². The molecule has 0 amide bonds. The smallest absolute Gasteiger partial charge is 0.506 e. The van der Waals surface area contributed by atoms with Gasteiger partial charge in [-0.15, -0.1) is 0 Å². The fourth-order valence-electron chi connectivity index (χ4n) is 1.23. The Balaban J connectivity index is 0.000000280. The molecule has 0 saturated carbocycles. The predicted octanol–water partition coefficient (Wildman–Crippen LogP) is 0.197. The van der Waals surface area contributed by atoms with Gasteiger partial charge in [-0.1, -0.05) is 18.2 Å². The molecule has 0 unspecified atom stereocenters. The van der Waals surface area contributed by atoms with Gasteiger partial charge >= 0.3 is 7.32 Å². The average Bonchev–Trinajstić information content (AvgIpc) is 2.18. The highest BCUT2D eigenvalue weighted by Gasteiger charge is 1.98. The Morgan fingerprint density at radius 3 is 2.31 bits per heavy atom. The molecule has 1 aromatic heterocycles. The fourth-order valence-corrected chi connectivity index (χ4v) is 1.23. The minimum absolute atomic E-state index is 0.246. The van der Waals surface area contributed by atoms with Gasteiger partial charge in [0.25, 0.3) is 0 Å². The van der Waals surface area contributed by atoms with E-state index in [2.05, 4.69) is 4.98 Å². The van der Waals surface area contributed by atoms with Crippen molar-refractivity contribution in [3.63, 3.8) is 0 Å². The van der Waals surface area contributed by atoms with Crippen LogP contribution in [0.15, 0.2) is 30.3 Å². The number of benzene rings is 1. The van der Waals surface area contributed by atoms with Crippen molar-refractivity contribution in [2.24, 2.45) is 0 Å². The minimum Gasteiger partial charge on any atom is -0.506 e. The Morgan fingerprint density at radius 1 is 1.06 bits per heavy atom. The number of phenols is 1. The molecule has 0 aliphatic carbocycles. The topological polar surface area (TPSA) is 93.8 Å². The summed E-state index contributed by atoms with van der Waals surface area (Å²) in [6.45, 7) is 1.91. The molecule has 0 saturated heterocycles. The first-order chi connectivity index (χ1) is 7.50. The van der Waals surface area contributed by atoms with Crippen LogP contribution in [0.2, 0.25) is 0 Å². The zero-order valence-corrected chi connectivity index (χ0v) is 8.70. The van der Waals surface area contributed by atoms with E-state index < -0.39 is 7.32 Å². The standard InChI is InChI=1S/C10H9NO.BH3O3/c1-7-5-6-8-3-2-4-9(12)10(8)11-7;2-1(3)4/h2-6,12H,1H3;2-4H. The summed E-state index contributed by atoms with van der Waals surface area (Å²) in [5.41, 5.74) is 1.60. The van der Waals surface area contributed by atoms with Gasteiger partial charge in [0.1, 0.15) is 11.3 Å². The maximum absolute atomic E-state index is 9.43. The molecule has 2 rings (SSSR count). The van der Waals surface area contributed by atoms with Crippen molar-refractivity contribution < 1.29 is 20.2 Å². The number of pyridine rings is 1. The zero-order chi connectivity index (χ0) is 12.1. The molecule has 84 valence electrons. The van der Waals surface area contributed by atoms with Gasteiger partial charge in [0.15, 0.2) is 0 Å². The first kappa shape index (κ1) is 12.4. The van der Waals surface area contributed by atoms with Gasteiger partial charge < -0.3 is 20.2 Å². The number of aryl methyl sites for hydroxylation is 1. The van der Waals surface area contributed by atoms with Crippen molar-refractivity contribution in [2.45, 2.75) is 6.92 Å². The number of aromatic nitrogens is 1. The lowest BCUT2D eigenvalue weighted by atomic mass is 10.2. The molecule has 2 aromatic rings. The highest BCUT2D eigenvalue weighted by Crippen LogP contribution is 2.21. The van der Waals surface area contributed by atoms with Crippen molar-refractivity contribution >= 4 is 18.2 Å². The summed E-state index contributed by atoms with van der Waals surface area (Å²) in [6, 6.07) is 9.28. The quantitative estimate of drug-likeness (QED) is 0.476. The third-order valence-electron chi connectivity index (χ3n) is 1.84. The fraction of sp³-hybridized carbons (Fsp3) is 0.100. The van der Waals surface area contributed by atoms with Crippen LogP contribution in [0.4, 0.5) is 0 Å². The van der Waals surface area contributed by atoms with Crippen LogP contribution in [0, 0.1) is 6.92 Å². The molecular formula is C10H12BNO4. The number of fused-ring (bicyclic) bond motifs is 1. The molecule has 5 nitrogen and oxygen atoms in total. The van der Waals surface area contributed by atoms with E-state index in [-0.39, 0.29) is 5.75 Å². The summed E-state index contributed by atoms with van der Waals surface area (Å²) in [4.78, 5) is 4.23. The first-order valence-corrected chi connectivity index (χ1v) is 4.60. The maximum Gasteiger partial charge on any atom is 0.631 e. The lowest BCUT2D eigenvalue weighted by Crippen LogP contribution is -2.07. The molecule has 0 spiro atoms. The zero-order valence-electron chi connectivity index (χ0n) is 8.70. The maximum atomic E-state index is 9.43. The molecule has 0 aliphatic rings. The van der Waals surface area contributed by atoms with Crippen molar-refractivity contribution in [1.82, 2.24) is 4.98 Å². The van der Waals surface area contributed by atoms with Crippen molar-refractivity contribution in [3.05, 3.63) is 36.0 Å². The van der Waals surface area contributed by atoms with Crippen LogP contribution >= 0.6 is 0 Å². The summed E-state index contributed by atoms with van der Waals surface area (Å²) < 4.78 is 0. The molecule has 4 N–H and O–H groups in total. The number of aromatic hydroxyl groups is 1. The predicted molar refractivity (Wildman–Crippen MR) is 60.6 cm³/mol. The Bertz CT molecular complexity index is 473. The van der Waals surface area contributed by atoms with Gasteiger partial charge in [-0.05, 0) is 19.1 Å². The molecule has 0 radical (unpaired) electrons. The lowest BCUT2D eigenvalue weighted by Gasteiger charge is -1.99. The van der Waals surface area contributed by atoms with Crippen LogP contribution in [0.3, 0.4) is 0 Å². The van der Waals surface area contributed by atoms with E-state index in [1.54, 1.807) is 6.07 Å². The molecule has 0 atom stereocenters. The van der Waals surface area contributed by atoms with E-state index in [1.807, 2.05) is 31.2 Å². The van der Waals surface area contributed by atoms with E-state index in [0.717, 1.165) is 11.1 Å². The number of hydrogen-bond donors (Lipinski definition) is 4. The number of nitrogens with zero attached hydrogens (tertiary/aromatic N) is 1. The normalized spacial score (nSPS) is 9.50. The van der Waals surface area contributed by atoms with Crippen molar-refractivity contribution in [3.8, 4) is 5.75 Å². The molecule has 0 bridgehead atoms. The summed E-state index contributed by atoms with van der Waals surface area (Å²) in [5.74, 6) is 0.246. The Hall–Kier alpha value is -1.63. The Labute approximate surface area is 92.8 Å². The second-order valence-electron chi connectivity index (χ2n) is 3.15. The monoisotopic (exact) mass is 221 g/mol. The Kier molecular flexibility index (Phi) is 4.24. The molecule has 1 aromatic carbocycles. The van der Waals surface area contributed by atoms with Gasteiger partial charge in [0.05, 0.1) is 0 Å². The van der Waals surface area contributed by atoms with Crippen LogP contribution in [-0.2, 0) is 0 Å². The lowest BCUT2D eigenvalue weighted by molar-refractivity contribution is 0.278. The van der Waals surface area contributed by atoms with Gasteiger partial charge in [-0.25, -0.2) is 4.98 Å². The number of para-hydroxylation sites is 1. The summed E-state index contributed by atoms with van der Waals surface area (Å²) in [6.07, 6.45) is 0. The number of rotatable bonds is 0. The molecular weight excluding hydrogens is 209 g/mol. The van der Waals surface area contributed by atoms with Crippen LogP contribution in [0.5, 0.6) is 5.75 Å². The van der Waals surface area contributed by atoms with Crippen LogP contribution in [0.25, 0.3) is 10.9 Å². The third kappa shape index (κ3) is 3.50. The molecule has 0 fully saturated rings. The van der Waals surface area contributed by atoms with E-state index >= 15 is 0 Å². The molecule has 16 heavy (non-hydrogen) atoms. The summed E-state index contributed by atoms with van der Waals surface area (Å²) in [5, 5.41) is 31.9. The van der Waals surface area contributed by atoms with Crippen molar-refractivity contribution in [2.75, 3.05) is 0 Å². The molecule has 6 heteroatoms. The first-order valence-electron chi connectivity index (χ1n) is 4.60. The van der Waals surface area contributed by atoms with Gasteiger partial charge in [0, 0.05) is 11.1 Å². The second-order valence-corrected chi connectivity index (χ2v) is 3.15. The Morgan fingerprint density at radius 2 is 1.69 bits per heavy atom. The average molecular weight is 221 g/mol. The number of phenolic OH excluding ortho intramolecular Hbond substituents is 1. The van der Waals surface area contributed by atoms with E-state index in [9.17, 15) is 5.11 Å². The molecule has 0 aliphatic heterocycles. The van der Waals surface area contributed by atoms with E-state index in [1.165, 1.54) is 0 Å².